The van der Waals surface area contributed by atoms with E-state index in [-0.39, 0.29) is 0 Å². The molecule has 1 aromatic carbocycles. The summed E-state index contributed by atoms with van der Waals surface area (Å²) in [7, 11) is 0. The van der Waals surface area contributed by atoms with Gasteiger partial charge < -0.3 is 10.2 Å². The van der Waals surface area contributed by atoms with Crippen molar-refractivity contribution in [1.29, 1.82) is 0 Å². The number of benzene rings is 1. The van der Waals surface area contributed by atoms with Crippen LogP contribution in [-0.4, -0.2) is 25.2 Å². The van der Waals surface area contributed by atoms with Crippen molar-refractivity contribution in [3.63, 3.8) is 0 Å². The lowest BCUT2D eigenvalue weighted by Gasteiger charge is -2.43. The van der Waals surface area contributed by atoms with Crippen LogP contribution in [0.1, 0.15) is 20.8 Å². The van der Waals surface area contributed by atoms with Crippen LogP contribution in [0.15, 0.2) is 16.6 Å². The SMILES string of the molecule is CC1CN(c2ccc(Br)c(Cl)c2Cl)C(C(C)C)CN1. The van der Waals surface area contributed by atoms with E-state index in [9.17, 15) is 0 Å². The summed E-state index contributed by atoms with van der Waals surface area (Å²) in [6, 6.07) is 4.90. The zero-order chi connectivity index (χ0) is 14.2. The van der Waals surface area contributed by atoms with E-state index in [4.69, 9.17) is 23.2 Å². The molecule has 2 unspecified atom stereocenters. The van der Waals surface area contributed by atoms with E-state index in [0.717, 1.165) is 23.2 Å². The van der Waals surface area contributed by atoms with Crippen molar-refractivity contribution >= 4 is 44.8 Å². The van der Waals surface area contributed by atoms with Crippen molar-refractivity contribution < 1.29 is 0 Å². The molecule has 0 bridgehead atoms. The smallest absolute Gasteiger partial charge is 0.0837 e. The van der Waals surface area contributed by atoms with Crippen LogP contribution in [0, 0.1) is 5.92 Å². The summed E-state index contributed by atoms with van der Waals surface area (Å²) in [5.41, 5.74) is 1.03. The van der Waals surface area contributed by atoms with Crippen LogP contribution in [0.3, 0.4) is 0 Å². The Balaban J connectivity index is 2.39. The fourth-order valence-electron chi connectivity index (χ4n) is 2.54. The normalized spacial score (nSPS) is 24.1. The lowest BCUT2D eigenvalue weighted by atomic mass is 9.98. The highest BCUT2D eigenvalue weighted by molar-refractivity contribution is 9.10. The van der Waals surface area contributed by atoms with Crippen LogP contribution in [0.25, 0.3) is 0 Å². The highest BCUT2D eigenvalue weighted by Crippen LogP contribution is 2.39. The molecule has 0 aromatic heterocycles. The molecule has 0 spiro atoms. The fourth-order valence-corrected chi connectivity index (χ4v) is 3.41. The number of nitrogens with zero attached hydrogens (tertiary/aromatic N) is 1. The van der Waals surface area contributed by atoms with E-state index >= 15 is 0 Å². The van der Waals surface area contributed by atoms with Crippen molar-refractivity contribution in [1.82, 2.24) is 5.32 Å². The van der Waals surface area contributed by atoms with Gasteiger partial charge in [0.15, 0.2) is 0 Å². The quantitative estimate of drug-likeness (QED) is 0.771. The number of hydrogen-bond donors (Lipinski definition) is 1. The summed E-state index contributed by atoms with van der Waals surface area (Å²) in [5, 5.41) is 4.76. The molecule has 1 aliphatic rings. The molecule has 2 atom stereocenters. The van der Waals surface area contributed by atoms with Gasteiger partial charge in [-0.2, -0.15) is 0 Å². The molecule has 1 fully saturated rings. The molecular weight excluding hydrogens is 347 g/mol. The zero-order valence-electron chi connectivity index (χ0n) is 11.4. The van der Waals surface area contributed by atoms with Crippen molar-refractivity contribution in [2.75, 3.05) is 18.0 Å². The second-order valence-electron chi connectivity index (χ2n) is 5.47. The van der Waals surface area contributed by atoms with E-state index in [1.807, 2.05) is 12.1 Å². The number of halogens is 3. The summed E-state index contributed by atoms with van der Waals surface area (Å²) in [6.45, 7) is 8.59. The molecule has 0 radical (unpaired) electrons. The van der Waals surface area contributed by atoms with Crippen LogP contribution in [0.2, 0.25) is 10.0 Å². The van der Waals surface area contributed by atoms with Gasteiger partial charge in [0.1, 0.15) is 0 Å². The van der Waals surface area contributed by atoms with Gasteiger partial charge in [0.25, 0.3) is 0 Å². The van der Waals surface area contributed by atoms with Gasteiger partial charge in [0.05, 0.1) is 15.7 Å². The standard InChI is InChI=1S/C14H19BrCl2N2/c1-8(2)12-6-18-9(3)7-19(12)11-5-4-10(15)13(16)14(11)17/h4-5,8-9,12,18H,6-7H2,1-3H3. The molecule has 1 heterocycles. The maximum atomic E-state index is 6.43. The molecule has 0 amide bonds. The molecule has 106 valence electrons. The van der Waals surface area contributed by atoms with Crippen LogP contribution >= 0.6 is 39.1 Å². The van der Waals surface area contributed by atoms with Gasteiger partial charge in [0, 0.05) is 29.6 Å². The number of hydrogen-bond acceptors (Lipinski definition) is 2. The summed E-state index contributed by atoms with van der Waals surface area (Å²) in [5.74, 6) is 0.554. The van der Waals surface area contributed by atoms with Gasteiger partial charge in [-0.25, -0.2) is 0 Å². The summed E-state index contributed by atoms with van der Waals surface area (Å²) >= 11 is 16.1. The van der Waals surface area contributed by atoms with Crippen molar-refractivity contribution in [3.05, 3.63) is 26.7 Å². The molecule has 0 saturated carbocycles. The van der Waals surface area contributed by atoms with E-state index in [2.05, 4.69) is 46.9 Å². The van der Waals surface area contributed by atoms with E-state index in [1.165, 1.54) is 0 Å². The summed E-state index contributed by atoms with van der Waals surface area (Å²) < 4.78 is 0.840. The minimum absolute atomic E-state index is 0.436. The second-order valence-corrected chi connectivity index (χ2v) is 7.08. The van der Waals surface area contributed by atoms with Crippen LogP contribution < -0.4 is 10.2 Å². The van der Waals surface area contributed by atoms with E-state index < -0.39 is 0 Å². The third-order valence-electron chi connectivity index (χ3n) is 3.64. The highest BCUT2D eigenvalue weighted by atomic mass is 79.9. The van der Waals surface area contributed by atoms with Gasteiger partial charge in [-0.15, -0.1) is 0 Å². The first-order chi connectivity index (χ1) is 8.91. The molecule has 1 saturated heterocycles. The Bertz CT molecular complexity index is 465. The first-order valence-electron chi connectivity index (χ1n) is 6.55. The molecule has 1 N–H and O–H groups in total. The number of nitrogens with one attached hydrogen (secondary N) is 1. The Morgan fingerprint density at radius 3 is 2.63 bits per heavy atom. The maximum absolute atomic E-state index is 6.43. The molecule has 2 nitrogen and oxygen atoms in total. The minimum Gasteiger partial charge on any atom is -0.364 e. The fraction of sp³-hybridized carbons (Fsp3) is 0.571. The molecule has 1 aromatic rings. The lowest BCUT2D eigenvalue weighted by Crippen LogP contribution is -2.57. The van der Waals surface area contributed by atoms with E-state index in [0.29, 0.717) is 28.0 Å². The monoisotopic (exact) mass is 364 g/mol. The third-order valence-corrected chi connectivity index (χ3v) is 5.40. The van der Waals surface area contributed by atoms with Crippen molar-refractivity contribution in [2.45, 2.75) is 32.9 Å². The molecule has 0 aliphatic carbocycles. The number of piperazine rings is 1. The van der Waals surface area contributed by atoms with Gasteiger partial charge in [0.2, 0.25) is 0 Å². The van der Waals surface area contributed by atoms with Crippen molar-refractivity contribution in [2.24, 2.45) is 5.92 Å². The van der Waals surface area contributed by atoms with Gasteiger partial charge >= 0.3 is 0 Å². The van der Waals surface area contributed by atoms with Crippen molar-refractivity contribution in [3.8, 4) is 0 Å². The summed E-state index contributed by atoms with van der Waals surface area (Å²) in [6.07, 6.45) is 0. The first kappa shape index (κ1) is 15.4. The highest BCUT2D eigenvalue weighted by Gasteiger charge is 2.30. The average molecular weight is 366 g/mol. The predicted octanol–water partition coefficient (Wildman–Crippen LogP) is 4.58. The van der Waals surface area contributed by atoms with Gasteiger partial charge in [-0.3, -0.25) is 0 Å². The van der Waals surface area contributed by atoms with Gasteiger partial charge in [-0.1, -0.05) is 37.0 Å². The lowest BCUT2D eigenvalue weighted by molar-refractivity contribution is 0.349. The summed E-state index contributed by atoms with van der Waals surface area (Å²) in [4.78, 5) is 2.38. The third kappa shape index (κ3) is 3.21. The largest absolute Gasteiger partial charge is 0.364 e. The van der Waals surface area contributed by atoms with Crippen LogP contribution in [0.5, 0.6) is 0 Å². The first-order valence-corrected chi connectivity index (χ1v) is 8.10. The Labute approximate surface area is 133 Å². The predicted molar refractivity (Wildman–Crippen MR) is 87.6 cm³/mol. The van der Waals surface area contributed by atoms with E-state index in [1.54, 1.807) is 0 Å². The number of rotatable bonds is 2. The average Bonchev–Trinajstić information content (AvgIpc) is 2.35. The number of anilines is 1. The zero-order valence-corrected chi connectivity index (χ0v) is 14.5. The van der Waals surface area contributed by atoms with Crippen LogP contribution in [-0.2, 0) is 0 Å². The molecule has 1 aliphatic heterocycles. The van der Waals surface area contributed by atoms with Crippen LogP contribution in [0.4, 0.5) is 5.69 Å². The Kier molecular flexibility index (Phi) is 5.04. The Morgan fingerprint density at radius 2 is 2.00 bits per heavy atom. The Hall–Kier alpha value is 0.0400. The van der Waals surface area contributed by atoms with Gasteiger partial charge in [-0.05, 0) is 40.9 Å². The molecule has 19 heavy (non-hydrogen) atoms. The molecular formula is C14H19BrCl2N2. The molecule has 5 heteroatoms. The second kappa shape index (κ2) is 6.21. The molecule has 2 rings (SSSR count). The minimum atomic E-state index is 0.436. The maximum Gasteiger partial charge on any atom is 0.0837 e. The topological polar surface area (TPSA) is 15.3 Å². The Morgan fingerprint density at radius 1 is 1.32 bits per heavy atom.